The van der Waals surface area contributed by atoms with Gasteiger partial charge in [0.1, 0.15) is 16.5 Å². The summed E-state index contributed by atoms with van der Waals surface area (Å²) in [6.07, 6.45) is 1.74. The van der Waals surface area contributed by atoms with Crippen LogP contribution in [0.3, 0.4) is 0 Å². The summed E-state index contributed by atoms with van der Waals surface area (Å²) >= 11 is 6.16. The Bertz CT molecular complexity index is 778. The van der Waals surface area contributed by atoms with Crippen molar-refractivity contribution >= 4 is 17.2 Å². The zero-order chi connectivity index (χ0) is 13.6. The normalized spacial score (nSPS) is 11.2. The van der Waals surface area contributed by atoms with E-state index in [4.69, 9.17) is 11.6 Å². The number of fused-ring (bicyclic) bond motifs is 1. The Kier molecular flexibility index (Phi) is 2.71. The maximum atomic E-state index is 6.16. The zero-order valence-electron chi connectivity index (χ0n) is 10.8. The van der Waals surface area contributed by atoms with Crippen LogP contribution in [-0.4, -0.2) is 24.6 Å². The molecule has 0 aliphatic heterocycles. The Balaban J connectivity index is 2.26. The Morgan fingerprint density at radius 1 is 1.05 bits per heavy atom. The summed E-state index contributed by atoms with van der Waals surface area (Å²) in [5.74, 6) is 0. The van der Waals surface area contributed by atoms with Gasteiger partial charge in [-0.15, -0.1) is 0 Å². The summed E-state index contributed by atoms with van der Waals surface area (Å²) in [5.41, 5.74) is 4.75. The van der Waals surface area contributed by atoms with Crippen molar-refractivity contribution in [1.82, 2.24) is 24.6 Å². The third-order valence-corrected chi connectivity index (χ3v) is 3.10. The minimum atomic E-state index is 0.534. The molecule has 0 amide bonds. The van der Waals surface area contributed by atoms with Gasteiger partial charge in [-0.2, -0.15) is 5.10 Å². The topological polar surface area (TPSA) is 56.0 Å². The summed E-state index contributed by atoms with van der Waals surface area (Å²) in [4.78, 5) is 13.2. The van der Waals surface area contributed by atoms with E-state index in [-0.39, 0.29) is 0 Å². The molecule has 0 aromatic carbocycles. The SMILES string of the molecule is Cc1cnc(C)c(-c2cc3nc(C)cc(Cl)n3n2)n1. The van der Waals surface area contributed by atoms with Crippen molar-refractivity contribution in [1.29, 1.82) is 0 Å². The van der Waals surface area contributed by atoms with E-state index in [1.54, 1.807) is 16.8 Å². The highest BCUT2D eigenvalue weighted by Gasteiger charge is 2.12. The van der Waals surface area contributed by atoms with E-state index in [9.17, 15) is 0 Å². The molecule has 0 spiro atoms. The lowest BCUT2D eigenvalue weighted by atomic mass is 10.2. The third kappa shape index (κ3) is 2.06. The van der Waals surface area contributed by atoms with Crippen LogP contribution < -0.4 is 0 Å². The predicted octanol–water partition coefficient (Wildman–Crippen LogP) is 2.76. The van der Waals surface area contributed by atoms with Gasteiger partial charge in [0.15, 0.2) is 5.65 Å². The molecular formula is C13H12ClN5. The number of rotatable bonds is 1. The molecule has 0 fully saturated rings. The van der Waals surface area contributed by atoms with Gasteiger partial charge < -0.3 is 0 Å². The van der Waals surface area contributed by atoms with Crippen molar-refractivity contribution in [2.45, 2.75) is 20.8 Å². The van der Waals surface area contributed by atoms with Gasteiger partial charge in [-0.3, -0.25) is 4.98 Å². The first-order chi connectivity index (χ1) is 9.04. The summed E-state index contributed by atoms with van der Waals surface area (Å²) in [6, 6.07) is 3.65. The standard InChI is InChI=1S/C13H12ClN5/c1-7-4-11(14)19-12(16-7)5-10(18-19)13-9(3)15-6-8(2)17-13/h4-6H,1-3H3. The first-order valence-electron chi connectivity index (χ1n) is 5.88. The van der Waals surface area contributed by atoms with Crippen LogP contribution in [0.4, 0.5) is 0 Å². The maximum Gasteiger partial charge on any atom is 0.157 e. The average Bonchev–Trinajstić information content (AvgIpc) is 2.76. The molecule has 0 aliphatic rings. The molecule has 19 heavy (non-hydrogen) atoms. The lowest BCUT2D eigenvalue weighted by Crippen LogP contribution is -1.96. The minimum Gasteiger partial charge on any atom is -0.257 e. The maximum absolute atomic E-state index is 6.16. The molecule has 0 radical (unpaired) electrons. The second kappa shape index (κ2) is 4.28. The summed E-state index contributed by atoms with van der Waals surface area (Å²) in [6.45, 7) is 5.71. The lowest BCUT2D eigenvalue weighted by molar-refractivity contribution is 0.927. The average molecular weight is 274 g/mol. The van der Waals surface area contributed by atoms with Crippen LogP contribution in [0.2, 0.25) is 5.15 Å². The van der Waals surface area contributed by atoms with E-state index in [0.717, 1.165) is 28.5 Å². The summed E-state index contributed by atoms with van der Waals surface area (Å²) in [7, 11) is 0. The highest BCUT2D eigenvalue weighted by atomic mass is 35.5. The van der Waals surface area contributed by atoms with Crippen molar-refractivity contribution in [2.75, 3.05) is 0 Å². The fraction of sp³-hybridized carbons (Fsp3) is 0.231. The van der Waals surface area contributed by atoms with Crippen molar-refractivity contribution in [3.05, 3.63) is 40.6 Å². The van der Waals surface area contributed by atoms with Gasteiger partial charge in [0, 0.05) is 18.0 Å². The van der Waals surface area contributed by atoms with Gasteiger partial charge in [-0.05, 0) is 26.8 Å². The molecule has 0 bridgehead atoms. The predicted molar refractivity (Wildman–Crippen MR) is 73.2 cm³/mol. The van der Waals surface area contributed by atoms with Crippen molar-refractivity contribution < 1.29 is 0 Å². The Morgan fingerprint density at radius 2 is 1.84 bits per heavy atom. The molecule has 3 rings (SSSR count). The van der Waals surface area contributed by atoms with Gasteiger partial charge in [0.05, 0.1) is 11.4 Å². The largest absolute Gasteiger partial charge is 0.257 e. The molecule has 3 heterocycles. The van der Waals surface area contributed by atoms with Crippen LogP contribution in [0, 0.1) is 20.8 Å². The Hall–Kier alpha value is -2.01. The van der Waals surface area contributed by atoms with Gasteiger partial charge in [-0.1, -0.05) is 11.6 Å². The first-order valence-corrected chi connectivity index (χ1v) is 6.26. The number of hydrogen-bond donors (Lipinski definition) is 0. The molecule has 0 N–H and O–H groups in total. The molecule has 3 aromatic rings. The van der Waals surface area contributed by atoms with Crippen LogP contribution in [-0.2, 0) is 0 Å². The van der Waals surface area contributed by atoms with Gasteiger partial charge >= 0.3 is 0 Å². The zero-order valence-corrected chi connectivity index (χ0v) is 11.6. The summed E-state index contributed by atoms with van der Waals surface area (Å²) < 4.78 is 1.60. The monoisotopic (exact) mass is 273 g/mol. The van der Waals surface area contributed by atoms with E-state index >= 15 is 0 Å². The van der Waals surface area contributed by atoms with Crippen LogP contribution in [0.25, 0.3) is 17.0 Å². The van der Waals surface area contributed by atoms with Crippen LogP contribution >= 0.6 is 11.6 Å². The fourth-order valence-electron chi connectivity index (χ4n) is 1.95. The molecule has 96 valence electrons. The van der Waals surface area contributed by atoms with Gasteiger partial charge in [-0.25, -0.2) is 14.5 Å². The lowest BCUT2D eigenvalue weighted by Gasteiger charge is -2.01. The van der Waals surface area contributed by atoms with Crippen molar-refractivity contribution in [3.8, 4) is 11.4 Å². The summed E-state index contributed by atoms with van der Waals surface area (Å²) in [5, 5.41) is 4.98. The second-order valence-electron chi connectivity index (χ2n) is 4.47. The molecule has 0 saturated carbocycles. The second-order valence-corrected chi connectivity index (χ2v) is 4.85. The first kappa shape index (κ1) is 12.0. The molecule has 5 nitrogen and oxygen atoms in total. The highest BCUT2D eigenvalue weighted by Crippen LogP contribution is 2.22. The number of nitrogens with zero attached hydrogens (tertiary/aromatic N) is 5. The number of hydrogen-bond acceptors (Lipinski definition) is 4. The van der Waals surface area contributed by atoms with Crippen LogP contribution in [0.15, 0.2) is 18.3 Å². The van der Waals surface area contributed by atoms with Crippen molar-refractivity contribution in [3.63, 3.8) is 0 Å². The Morgan fingerprint density at radius 3 is 2.63 bits per heavy atom. The smallest absolute Gasteiger partial charge is 0.157 e. The number of aryl methyl sites for hydroxylation is 3. The third-order valence-electron chi connectivity index (χ3n) is 2.83. The molecule has 3 aromatic heterocycles. The Labute approximate surface area is 115 Å². The minimum absolute atomic E-state index is 0.534. The van der Waals surface area contributed by atoms with Crippen molar-refractivity contribution in [2.24, 2.45) is 0 Å². The van der Waals surface area contributed by atoms with E-state index in [2.05, 4.69) is 20.1 Å². The molecule has 6 heteroatoms. The fourth-order valence-corrected chi connectivity index (χ4v) is 2.23. The molecule has 0 aliphatic carbocycles. The van der Waals surface area contributed by atoms with Crippen LogP contribution in [0.1, 0.15) is 17.1 Å². The van der Waals surface area contributed by atoms with E-state index in [0.29, 0.717) is 10.8 Å². The molecular weight excluding hydrogens is 262 g/mol. The number of halogens is 1. The van der Waals surface area contributed by atoms with E-state index < -0.39 is 0 Å². The van der Waals surface area contributed by atoms with E-state index in [1.807, 2.05) is 26.8 Å². The van der Waals surface area contributed by atoms with E-state index in [1.165, 1.54) is 0 Å². The molecule has 0 saturated heterocycles. The van der Waals surface area contributed by atoms with Crippen LogP contribution in [0.5, 0.6) is 0 Å². The molecule has 0 atom stereocenters. The molecule has 0 unspecified atom stereocenters. The number of aromatic nitrogens is 5. The van der Waals surface area contributed by atoms with Gasteiger partial charge in [0.25, 0.3) is 0 Å². The quantitative estimate of drug-likeness (QED) is 0.640. The van der Waals surface area contributed by atoms with Gasteiger partial charge in [0.2, 0.25) is 0 Å². The highest BCUT2D eigenvalue weighted by molar-refractivity contribution is 6.29.